The summed E-state index contributed by atoms with van der Waals surface area (Å²) >= 11 is 0. The van der Waals surface area contributed by atoms with Crippen LogP contribution in [0.1, 0.15) is 17.5 Å². The van der Waals surface area contributed by atoms with Crippen molar-refractivity contribution in [2.45, 2.75) is 26.0 Å². The molecule has 0 radical (unpaired) electrons. The van der Waals surface area contributed by atoms with Crippen molar-refractivity contribution in [2.24, 2.45) is 0 Å². The molecule has 0 aromatic carbocycles. The summed E-state index contributed by atoms with van der Waals surface area (Å²) in [7, 11) is 0. The van der Waals surface area contributed by atoms with Crippen molar-refractivity contribution in [3.05, 3.63) is 29.6 Å². The van der Waals surface area contributed by atoms with Gasteiger partial charge in [-0.25, -0.2) is 0 Å². The average molecular weight is 222 g/mol. The minimum Gasteiger partial charge on any atom is -0.355 e. The zero-order chi connectivity index (χ0) is 11.2. The van der Waals surface area contributed by atoms with Crippen molar-refractivity contribution in [3.8, 4) is 0 Å². The van der Waals surface area contributed by atoms with Gasteiger partial charge in [0.25, 0.3) is 0 Å². The molecule has 2 rings (SSSR count). The molecule has 16 heavy (non-hydrogen) atoms. The smallest absolute Gasteiger partial charge is 0.147 e. The summed E-state index contributed by atoms with van der Waals surface area (Å²) in [6, 6.07) is 2.03. The molecule has 0 saturated carbocycles. The number of rotatable bonds is 4. The van der Waals surface area contributed by atoms with E-state index in [1.54, 1.807) is 0 Å². The van der Waals surface area contributed by atoms with Crippen LogP contribution in [0.5, 0.6) is 0 Å². The van der Waals surface area contributed by atoms with Gasteiger partial charge in [0.05, 0.1) is 12.7 Å². The van der Waals surface area contributed by atoms with E-state index in [1.807, 2.05) is 18.5 Å². The Bertz CT molecular complexity index is 325. The standard InChI is InChI=1S/C12H18N2O2/c1-10-2-4-13-6-11(10)7-14-8-12-3-5-15-9-16-12/h2,4,6,12,14H,3,5,7-9H2,1H3. The molecule has 4 nitrogen and oxygen atoms in total. The van der Waals surface area contributed by atoms with Crippen LogP contribution in [-0.4, -0.2) is 31.0 Å². The molecule has 1 aliphatic heterocycles. The number of hydrogen-bond donors (Lipinski definition) is 1. The maximum atomic E-state index is 5.45. The third-order valence-electron chi connectivity index (χ3n) is 2.81. The second kappa shape index (κ2) is 5.94. The van der Waals surface area contributed by atoms with Crippen molar-refractivity contribution < 1.29 is 9.47 Å². The SMILES string of the molecule is Cc1ccncc1CNCC1CCOCO1. The van der Waals surface area contributed by atoms with Gasteiger partial charge in [-0.1, -0.05) is 0 Å². The first-order valence-corrected chi connectivity index (χ1v) is 5.66. The topological polar surface area (TPSA) is 43.4 Å². The van der Waals surface area contributed by atoms with Crippen LogP contribution < -0.4 is 5.32 Å². The number of nitrogens with zero attached hydrogens (tertiary/aromatic N) is 1. The van der Waals surface area contributed by atoms with Crippen molar-refractivity contribution in [1.82, 2.24) is 10.3 Å². The summed E-state index contributed by atoms with van der Waals surface area (Å²) in [5.41, 5.74) is 2.52. The number of hydrogen-bond acceptors (Lipinski definition) is 4. The quantitative estimate of drug-likeness (QED) is 0.832. The van der Waals surface area contributed by atoms with Crippen molar-refractivity contribution >= 4 is 0 Å². The Kier molecular flexibility index (Phi) is 4.27. The van der Waals surface area contributed by atoms with Gasteiger partial charge >= 0.3 is 0 Å². The Balaban J connectivity index is 1.73. The van der Waals surface area contributed by atoms with E-state index in [1.165, 1.54) is 11.1 Å². The maximum Gasteiger partial charge on any atom is 0.147 e. The van der Waals surface area contributed by atoms with Crippen LogP contribution >= 0.6 is 0 Å². The van der Waals surface area contributed by atoms with Crippen LogP contribution in [0.25, 0.3) is 0 Å². The lowest BCUT2D eigenvalue weighted by Crippen LogP contribution is -2.33. The molecule has 2 heterocycles. The molecule has 0 aliphatic carbocycles. The lowest BCUT2D eigenvalue weighted by Gasteiger charge is -2.23. The molecule has 1 N–H and O–H groups in total. The highest BCUT2D eigenvalue weighted by Gasteiger charge is 2.13. The van der Waals surface area contributed by atoms with E-state index in [0.29, 0.717) is 6.79 Å². The predicted molar refractivity (Wildman–Crippen MR) is 61.0 cm³/mol. The van der Waals surface area contributed by atoms with Crippen LogP contribution in [0, 0.1) is 6.92 Å². The van der Waals surface area contributed by atoms with Crippen LogP contribution in [0.2, 0.25) is 0 Å². The molecule has 1 saturated heterocycles. The molecule has 88 valence electrons. The first-order valence-electron chi connectivity index (χ1n) is 5.66. The van der Waals surface area contributed by atoms with Crippen molar-refractivity contribution in [2.75, 3.05) is 19.9 Å². The first kappa shape index (κ1) is 11.5. The fourth-order valence-electron chi connectivity index (χ4n) is 1.71. The van der Waals surface area contributed by atoms with Gasteiger partial charge < -0.3 is 14.8 Å². The molecular formula is C12H18N2O2. The Morgan fingerprint density at radius 1 is 1.56 bits per heavy atom. The summed E-state index contributed by atoms with van der Waals surface area (Å²) in [5, 5.41) is 3.39. The molecule has 1 aliphatic rings. The Morgan fingerprint density at radius 2 is 2.50 bits per heavy atom. The number of nitrogens with one attached hydrogen (secondary N) is 1. The van der Waals surface area contributed by atoms with Gasteiger partial charge in [0.1, 0.15) is 6.79 Å². The molecule has 0 amide bonds. The van der Waals surface area contributed by atoms with Gasteiger partial charge in [0, 0.05) is 25.5 Å². The Labute approximate surface area is 96.0 Å². The molecule has 1 fully saturated rings. The molecule has 0 bridgehead atoms. The van der Waals surface area contributed by atoms with Gasteiger partial charge in [-0.2, -0.15) is 0 Å². The molecule has 1 atom stereocenters. The van der Waals surface area contributed by atoms with E-state index in [4.69, 9.17) is 9.47 Å². The van der Waals surface area contributed by atoms with E-state index < -0.39 is 0 Å². The zero-order valence-corrected chi connectivity index (χ0v) is 9.61. The summed E-state index contributed by atoms with van der Waals surface area (Å²) in [6.07, 6.45) is 4.98. The van der Waals surface area contributed by atoms with Crippen LogP contribution in [0.4, 0.5) is 0 Å². The van der Waals surface area contributed by atoms with Crippen LogP contribution in [0.3, 0.4) is 0 Å². The second-order valence-electron chi connectivity index (χ2n) is 4.04. The second-order valence-corrected chi connectivity index (χ2v) is 4.04. The summed E-state index contributed by atoms with van der Waals surface area (Å²) in [6.45, 7) is 5.05. The summed E-state index contributed by atoms with van der Waals surface area (Å²) in [5.74, 6) is 0. The van der Waals surface area contributed by atoms with Crippen LogP contribution in [0.15, 0.2) is 18.5 Å². The minimum atomic E-state index is 0.283. The van der Waals surface area contributed by atoms with E-state index >= 15 is 0 Å². The van der Waals surface area contributed by atoms with Crippen molar-refractivity contribution in [1.29, 1.82) is 0 Å². The number of aromatic nitrogens is 1. The van der Waals surface area contributed by atoms with Crippen LogP contribution in [-0.2, 0) is 16.0 Å². The zero-order valence-electron chi connectivity index (χ0n) is 9.61. The van der Waals surface area contributed by atoms with Gasteiger partial charge in [-0.3, -0.25) is 4.98 Å². The fourth-order valence-corrected chi connectivity index (χ4v) is 1.71. The van der Waals surface area contributed by atoms with E-state index in [2.05, 4.69) is 17.2 Å². The normalized spacial score (nSPS) is 20.9. The minimum absolute atomic E-state index is 0.283. The fraction of sp³-hybridized carbons (Fsp3) is 0.583. The lowest BCUT2D eigenvalue weighted by molar-refractivity contribution is -0.137. The van der Waals surface area contributed by atoms with E-state index in [0.717, 1.165) is 26.1 Å². The van der Waals surface area contributed by atoms with E-state index in [-0.39, 0.29) is 6.10 Å². The molecule has 1 aromatic heterocycles. The Morgan fingerprint density at radius 3 is 3.25 bits per heavy atom. The highest BCUT2D eigenvalue weighted by atomic mass is 16.7. The lowest BCUT2D eigenvalue weighted by atomic mass is 10.1. The van der Waals surface area contributed by atoms with Gasteiger partial charge in [0.15, 0.2) is 0 Å². The number of ether oxygens (including phenoxy) is 2. The highest BCUT2D eigenvalue weighted by molar-refractivity contribution is 5.20. The first-order chi connectivity index (χ1) is 7.86. The predicted octanol–water partition coefficient (Wildman–Crippen LogP) is 1.24. The summed E-state index contributed by atoms with van der Waals surface area (Å²) in [4.78, 5) is 4.12. The largest absolute Gasteiger partial charge is 0.355 e. The summed E-state index contributed by atoms with van der Waals surface area (Å²) < 4.78 is 10.6. The average Bonchev–Trinajstić information content (AvgIpc) is 2.33. The van der Waals surface area contributed by atoms with Gasteiger partial charge in [-0.05, 0) is 30.5 Å². The van der Waals surface area contributed by atoms with Crippen molar-refractivity contribution in [3.63, 3.8) is 0 Å². The maximum absolute atomic E-state index is 5.45. The third kappa shape index (κ3) is 3.27. The van der Waals surface area contributed by atoms with Gasteiger partial charge in [-0.15, -0.1) is 0 Å². The molecular weight excluding hydrogens is 204 g/mol. The molecule has 1 unspecified atom stereocenters. The third-order valence-corrected chi connectivity index (χ3v) is 2.81. The molecule has 0 spiro atoms. The molecule has 1 aromatic rings. The molecule has 4 heteroatoms. The number of aryl methyl sites for hydroxylation is 1. The highest BCUT2D eigenvalue weighted by Crippen LogP contribution is 2.07. The monoisotopic (exact) mass is 222 g/mol. The van der Waals surface area contributed by atoms with Gasteiger partial charge in [0.2, 0.25) is 0 Å². The number of pyridine rings is 1. The Hall–Kier alpha value is -0.970. The van der Waals surface area contributed by atoms with E-state index in [9.17, 15) is 0 Å².